The molecule has 1 aromatic heterocycles. The number of rotatable bonds is 5. The van der Waals surface area contributed by atoms with E-state index in [0.29, 0.717) is 15.6 Å². The van der Waals surface area contributed by atoms with Gasteiger partial charge in [0.1, 0.15) is 0 Å². The van der Waals surface area contributed by atoms with Gasteiger partial charge < -0.3 is 15.2 Å². The summed E-state index contributed by atoms with van der Waals surface area (Å²) in [7, 11) is 0. The average Bonchev–Trinajstić information content (AvgIpc) is 2.92. The quantitative estimate of drug-likeness (QED) is 0.408. The summed E-state index contributed by atoms with van der Waals surface area (Å²) in [5, 5.41) is 19.8. The van der Waals surface area contributed by atoms with E-state index >= 15 is 0 Å². The normalized spacial score (nSPS) is 11.1. The molecule has 0 aliphatic rings. The number of carboxylic acid groups (broad SMARTS) is 2. The van der Waals surface area contributed by atoms with Crippen LogP contribution >= 0.6 is 34.8 Å². The monoisotopic (exact) mass is 425 g/mol. The summed E-state index contributed by atoms with van der Waals surface area (Å²) in [4.78, 5) is 39.0. The summed E-state index contributed by atoms with van der Waals surface area (Å²) in [6.07, 6.45) is 0. The predicted molar refractivity (Wildman–Crippen MR) is 101 cm³/mol. The third-order valence-electron chi connectivity index (χ3n) is 3.99. The summed E-state index contributed by atoms with van der Waals surface area (Å²) in [5.74, 6) is -5.82. The lowest BCUT2D eigenvalue weighted by molar-refractivity contribution is -0.149. The third-order valence-corrected chi connectivity index (χ3v) is 4.77. The van der Waals surface area contributed by atoms with Crippen molar-refractivity contribution in [3.63, 3.8) is 0 Å². The van der Waals surface area contributed by atoms with Crippen LogP contribution in [0.1, 0.15) is 27.5 Å². The van der Waals surface area contributed by atoms with Crippen LogP contribution in [0.4, 0.5) is 0 Å². The number of fused-ring (bicyclic) bond motifs is 1. The Balaban J connectivity index is 2.31. The molecule has 3 aromatic rings. The number of carboxylic acids is 2. The van der Waals surface area contributed by atoms with Crippen molar-refractivity contribution in [1.82, 2.24) is 4.98 Å². The highest BCUT2D eigenvalue weighted by molar-refractivity contribution is 6.37. The van der Waals surface area contributed by atoms with Crippen LogP contribution in [0.3, 0.4) is 0 Å². The molecule has 0 aliphatic heterocycles. The zero-order chi connectivity index (χ0) is 19.9. The maximum Gasteiger partial charge on any atom is 0.322 e. The largest absolute Gasteiger partial charge is 0.480 e. The number of aromatic amines is 1. The van der Waals surface area contributed by atoms with Gasteiger partial charge in [0.2, 0.25) is 5.78 Å². The van der Waals surface area contributed by atoms with Crippen LogP contribution in [-0.4, -0.2) is 32.9 Å². The Labute approximate surface area is 167 Å². The van der Waals surface area contributed by atoms with Crippen LogP contribution in [0.2, 0.25) is 15.1 Å². The third kappa shape index (κ3) is 3.51. The van der Waals surface area contributed by atoms with E-state index in [4.69, 9.17) is 34.8 Å². The van der Waals surface area contributed by atoms with Gasteiger partial charge in [-0.1, -0.05) is 40.9 Å². The SMILES string of the molecule is O=C(c1ccc(Cl)cc1Cl)c1[nH]c2cc(Cl)ccc2c1C(C(=O)O)C(=O)O. The highest BCUT2D eigenvalue weighted by Gasteiger charge is 2.35. The van der Waals surface area contributed by atoms with E-state index in [9.17, 15) is 24.6 Å². The molecule has 0 spiro atoms. The van der Waals surface area contributed by atoms with Crippen molar-refractivity contribution in [2.75, 3.05) is 0 Å². The first-order chi connectivity index (χ1) is 12.7. The molecule has 138 valence electrons. The van der Waals surface area contributed by atoms with Crippen LogP contribution < -0.4 is 0 Å². The number of nitrogens with one attached hydrogen (secondary N) is 1. The van der Waals surface area contributed by atoms with Crippen molar-refractivity contribution < 1.29 is 24.6 Å². The number of aliphatic carboxylic acids is 2. The smallest absolute Gasteiger partial charge is 0.322 e. The molecule has 0 aliphatic carbocycles. The number of hydrogen-bond acceptors (Lipinski definition) is 3. The molecule has 2 aromatic carbocycles. The minimum atomic E-state index is -1.95. The lowest BCUT2D eigenvalue weighted by Gasteiger charge is -2.10. The van der Waals surface area contributed by atoms with E-state index in [-0.39, 0.29) is 27.2 Å². The van der Waals surface area contributed by atoms with Crippen LogP contribution in [0.15, 0.2) is 36.4 Å². The van der Waals surface area contributed by atoms with Crippen LogP contribution in [0.25, 0.3) is 10.9 Å². The fourth-order valence-electron chi connectivity index (χ4n) is 2.83. The number of carbonyl (C=O) groups excluding carboxylic acids is 1. The predicted octanol–water partition coefficient (Wildman–Crippen LogP) is 4.61. The van der Waals surface area contributed by atoms with E-state index in [1.807, 2.05) is 0 Å². The summed E-state index contributed by atoms with van der Waals surface area (Å²) in [6.45, 7) is 0. The van der Waals surface area contributed by atoms with Crippen LogP contribution in [0.5, 0.6) is 0 Å². The molecule has 0 amide bonds. The Bertz CT molecular complexity index is 1090. The number of carbonyl (C=O) groups is 3. The maximum absolute atomic E-state index is 13.0. The van der Waals surface area contributed by atoms with Crippen molar-refractivity contribution in [3.8, 4) is 0 Å². The van der Waals surface area contributed by atoms with Gasteiger partial charge in [0.05, 0.1) is 10.7 Å². The molecular formula is C18H10Cl3NO5. The second-order valence-electron chi connectivity index (χ2n) is 5.67. The second kappa shape index (κ2) is 7.23. The first-order valence-corrected chi connectivity index (χ1v) is 8.60. The van der Waals surface area contributed by atoms with Gasteiger partial charge in [0.15, 0.2) is 5.92 Å². The van der Waals surface area contributed by atoms with Gasteiger partial charge in [-0.25, -0.2) is 0 Å². The topological polar surface area (TPSA) is 107 Å². The minimum absolute atomic E-state index is 0.0505. The number of H-pyrrole nitrogens is 1. The molecule has 0 saturated carbocycles. The van der Waals surface area contributed by atoms with Gasteiger partial charge in [-0.15, -0.1) is 0 Å². The van der Waals surface area contributed by atoms with Crippen molar-refractivity contribution in [3.05, 3.63) is 68.3 Å². The van der Waals surface area contributed by atoms with Crippen molar-refractivity contribution in [2.45, 2.75) is 5.92 Å². The Hall–Kier alpha value is -2.54. The van der Waals surface area contributed by atoms with Gasteiger partial charge in [-0.05, 0) is 30.3 Å². The molecule has 6 nitrogen and oxygen atoms in total. The molecule has 0 bridgehead atoms. The van der Waals surface area contributed by atoms with E-state index in [2.05, 4.69) is 4.98 Å². The van der Waals surface area contributed by atoms with E-state index in [1.165, 1.54) is 36.4 Å². The first-order valence-electron chi connectivity index (χ1n) is 7.47. The van der Waals surface area contributed by atoms with Crippen LogP contribution in [0, 0.1) is 0 Å². The molecule has 3 N–H and O–H groups in total. The molecule has 0 radical (unpaired) electrons. The van der Waals surface area contributed by atoms with E-state index < -0.39 is 23.6 Å². The average molecular weight is 427 g/mol. The fraction of sp³-hybridized carbons (Fsp3) is 0.0556. The lowest BCUT2D eigenvalue weighted by Crippen LogP contribution is -2.23. The number of aromatic nitrogens is 1. The van der Waals surface area contributed by atoms with Crippen molar-refractivity contribution in [2.24, 2.45) is 0 Å². The Morgan fingerprint density at radius 2 is 1.48 bits per heavy atom. The number of ketones is 1. The zero-order valence-corrected chi connectivity index (χ0v) is 15.6. The van der Waals surface area contributed by atoms with Gasteiger partial charge in [0, 0.05) is 32.1 Å². The number of hydrogen-bond donors (Lipinski definition) is 3. The summed E-state index contributed by atoms with van der Waals surface area (Å²) >= 11 is 17.9. The van der Waals surface area contributed by atoms with Gasteiger partial charge >= 0.3 is 11.9 Å². The summed E-state index contributed by atoms with van der Waals surface area (Å²) in [6, 6.07) is 8.61. The van der Waals surface area contributed by atoms with Gasteiger partial charge in [-0.2, -0.15) is 0 Å². The Kier molecular flexibility index (Phi) is 5.15. The van der Waals surface area contributed by atoms with Crippen molar-refractivity contribution in [1.29, 1.82) is 0 Å². The summed E-state index contributed by atoms with van der Waals surface area (Å²) in [5.41, 5.74) is 0.0249. The Morgan fingerprint density at radius 3 is 2.07 bits per heavy atom. The van der Waals surface area contributed by atoms with E-state index in [0.717, 1.165) is 0 Å². The molecule has 3 rings (SSSR count). The fourth-order valence-corrected chi connectivity index (χ4v) is 3.50. The maximum atomic E-state index is 13.0. The number of halogens is 3. The molecule has 27 heavy (non-hydrogen) atoms. The standard InChI is InChI=1S/C18H10Cl3NO5/c19-7-1-3-9(11(21)5-7)16(23)15-13(14(17(24)25)18(26)27)10-4-2-8(20)6-12(10)22-15/h1-6,14,22H,(H,24,25)(H,26,27). The first kappa shape index (κ1) is 19.2. The van der Waals surface area contributed by atoms with Gasteiger partial charge in [-0.3, -0.25) is 14.4 Å². The Morgan fingerprint density at radius 1 is 0.889 bits per heavy atom. The minimum Gasteiger partial charge on any atom is -0.480 e. The molecule has 1 heterocycles. The van der Waals surface area contributed by atoms with Crippen LogP contribution in [-0.2, 0) is 9.59 Å². The molecule has 0 saturated heterocycles. The van der Waals surface area contributed by atoms with Gasteiger partial charge in [0.25, 0.3) is 0 Å². The lowest BCUT2D eigenvalue weighted by atomic mass is 9.93. The van der Waals surface area contributed by atoms with E-state index in [1.54, 1.807) is 0 Å². The summed E-state index contributed by atoms with van der Waals surface area (Å²) < 4.78 is 0. The molecular weight excluding hydrogens is 417 g/mol. The molecule has 0 fully saturated rings. The highest BCUT2D eigenvalue weighted by Crippen LogP contribution is 2.34. The zero-order valence-electron chi connectivity index (χ0n) is 13.3. The van der Waals surface area contributed by atoms with Crippen molar-refractivity contribution >= 4 is 63.4 Å². The molecule has 9 heteroatoms. The second-order valence-corrected chi connectivity index (χ2v) is 6.95. The number of benzene rings is 2. The molecule has 0 atom stereocenters. The highest BCUT2D eigenvalue weighted by atomic mass is 35.5. The molecule has 0 unspecified atom stereocenters.